The standard InChI is InChI=1S/C23H31N3O3/c1-3-26(18-10-5-4-6-11-18)17-22(27)25(2)21-14-8-7-13-20(21)23(28)24-16-19-12-9-15-29-19/h7-9,12-15,18H,3-6,10-11,16-17H2,1-2H3,(H,24,28). The average molecular weight is 398 g/mol. The van der Waals surface area contributed by atoms with Crippen molar-refractivity contribution in [2.45, 2.75) is 51.6 Å². The van der Waals surface area contributed by atoms with Crippen LogP contribution in [0.15, 0.2) is 47.1 Å². The van der Waals surface area contributed by atoms with Gasteiger partial charge in [-0.05, 0) is 43.7 Å². The van der Waals surface area contributed by atoms with Gasteiger partial charge in [0.15, 0.2) is 0 Å². The lowest BCUT2D eigenvalue weighted by atomic mass is 9.94. The Hall–Kier alpha value is -2.60. The van der Waals surface area contributed by atoms with Crippen molar-refractivity contribution in [3.05, 3.63) is 54.0 Å². The van der Waals surface area contributed by atoms with E-state index in [1.807, 2.05) is 24.3 Å². The van der Waals surface area contributed by atoms with Crippen LogP contribution < -0.4 is 10.2 Å². The van der Waals surface area contributed by atoms with Crippen LogP contribution in [0, 0.1) is 0 Å². The Bertz CT molecular complexity index is 797. The molecule has 0 bridgehead atoms. The molecule has 6 heteroatoms. The highest BCUT2D eigenvalue weighted by Gasteiger charge is 2.25. The van der Waals surface area contributed by atoms with Gasteiger partial charge in [-0.3, -0.25) is 14.5 Å². The summed E-state index contributed by atoms with van der Waals surface area (Å²) in [7, 11) is 1.75. The highest BCUT2D eigenvalue weighted by Crippen LogP contribution is 2.24. The predicted molar refractivity (Wildman–Crippen MR) is 114 cm³/mol. The number of nitrogens with zero attached hydrogens (tertiary/aromatic N) is 2. The molecule has 0 spiro atoms. The van der Waals surface area contributed by atoms with Crippen molar-refractivity contribution < 1.29 is 14.0 Å². The molecule has 0 atom stereocenters. The van der Waals surface area contributed by atoms with Crippen molar-refractivity contribution in [3.63, 3.8) is 0 Å². The molecule has 1 fully saturated rings. The third kappa shape index (κ3) is 5.48. The number of hydrogen-bond donors (Lipinski definition) is 1. The summed E-state index contributed by atoms with van der Waals surface area (Å²) >= 11 is 0. The van der Waals surface area contributed by atoms with Crippen molar-refractivity contribution >= 4 is 17.5 Å². The Balaban J connectivity index is 1.67. The number of likely N-dealkylation sites (N-methyl/N-ethyl adjacent to an activating group) is 2. The Labute approximate surface area is 172 Å². The van der Waals surface area contributed by atoms with Crippen LogP contribution in [0.3, 0.4) is 0 Å². The first kappa shape index (κ1) is 21.1. The maximum atomic E-state index is 13.0. The molecule has 0 saturated heterocycles. The number of amides is 2. The first-order valence-electron chi connectivity index (χ1n) is 10.5. The van der Waals surface area contributed by atoms with Gasteiger partial charge >= 0.3 is 0 Å². The average Bonchev–Trinajstić information content (AvgIpc) is 3.29. The fourth-order valence-corrected chi connectivity index (χ4v) is 3.99. The number of para-hydroxylation sites is 1. The normalized spacial score (nSPS) is 14.7. The summed E-state index contributed by atoms with van der Waals surface area (Å²) in [6.45, 7) is 3.65. The zero-order chi connectivity index (χ0) is 20.6. The van der Waals surface area contributed by atoms with Crippen LogP contribution in [-0.4, -0.2) is 42.9 Å². The van der Waals surface area contributed by atoms with Crippen molar-refractivity contribution in [1.82, 2.24) is 10.2 Å². The molecule has 1 aromatic heterocycles. The van der Waals surface area contributed by atoms with Gasteiger partial charge in [-0.2, -0.15) is 0 Å². The quantitative estimate of drug-likeness (QED) is 0.735. The van der Waals surface area contributed by atoms with E-state index < -0.39 is 0 Å². The van der Waals surface area contributed by atoms with Gasteiger partial charge in [0, 0.05) is 13.1 Å². The number of furan rings is 1. The molecule has 0 unspecified atom stereocenters. The third-order valence-corrected chi connectivity index (χ3v) is 5.72. The van der Waals surface area contributed by atoms with Gasteiger partial charge in [0.2, 0.25) is 5.91 Å². The Kier molecular flexibility index (Phi) is 7.47. The van der Waals surface area contributed by atoms with Gasteiger partial charge in [-0.15, -0.1) is 0 Å². The predicted octanol–water partition coefficient (Wildman–Crippen LogP) is 3.83. The van der Waals surface area contributed by atoms with Crippen LogP contribution in [0.4, 0.5) is 5.69 Å². The summed E-state index contributed by atoms with van der Waals surface area (Å²) < 4.78 is 5.26. The summed E-state index contributed by atoms with van der Waals surface area (Å²) in [6.07, 6.45) is 7.68. The van der Waals surface area contributed by atoms with Gasteiger partial charge in [0.1, 0.15) is 5.76 Å². The Morgan fingerprint density at radius 1 is 1.10 bits per heavy atom. The van der Waals surface area contributed by atoms with E-state index in [9.17, 15) is 9.59 Å². The van der Waals surface area contributed by atoms with Gasteiger partial charge in [0.05, 0.1) is 30.6 Å². The number of anilines is 1. The maximum absolute atomic E-state index is 13.0. The van der Waals surface area contributed by atoms with Crippen molar-refractivity contribution in [1.29, 1.82) is 0 Å². The second-order valence-electron chi connectivity index (χ2n) is 7.59. The van der Waals surface area contributed by atoms with E-state index in [1.54, 1.807) is 30.3 Å². The monoisotopic (exact) mass is 397 g/mol. The molecule has 3 rings (SSSR count). The molecule has 1 heterocycles. The number of rotatable bonds is 8. The first-order chi connectivity index (χ1) is 14.1. The molecule has 2 aromatic rings. The van der Waals surface area contributed by atoms with Gasteiger partial charge in [-0.1, -0.05) is 38.3 Å². The Morgan fingerprint density at radius 3 is 2.55 bits per heavy atom. The summed E-state index contributed by atoms with van der Waals surface area (Å²) in [4.78, 5) is 29.6. The van der Waals surface area contributed by atoms with Gasteiger partial charge < -0.3 is 14.6 Å². The van der Waals surface area contributed by atoms with E-state index in [1.165, 1.54) is 19.3 Å². The minimum atomic E-state index is -0.226. The van der Waals surface area contributed by atoms with E-state index in [0.29, 0.717) is 36.1 Å². The molecule has 0 radical (unpaired) electrons. The lowest BCUT2D eigenvalue weighted by Gasteiger charge is -2.34. The van der Waals surface area contributed by atoms with Crippen LogP contribution in [0.1, 0.15) is 55.1 Å². The largest absolute Gasteiger partial charge is 0.467 e. The molecule has 2 amide bonds. The molecule has 156 valence electrons. The highest BCUT2D eigenvalue weighted by atomic mass is 16.3. The summed E-state index contributed by atoms with van der Waals surface area (Å²) in [5.41, 5.74) is 1.10. The number of carbonyl (C=O) groups is 2. The van der Waals surface area contributed by atoms with E-state index in [2.05, 4.69) is 17.1 Å². The van der Waals surface area contributed by atoms with E-state index >= 15 is 0 Å². The number of nitrogens with one attached hydrogen (secondary N) is 1. The van der Waals surface area contributed by atoms with E-state index in [0.717, 1.165) is 19.4 Å². The van der Waals surface area contributed by atoms with Gasteiger partial charge in [0.25, 0.3) is 5.91 Å². The first-order valence-corrected chi connectivity index (χ1v) is 10.5. The topological polar surface area (TPSA) is 65.8 Å². The second kappa shape index (κ2) is 10.3. The summed E-state index contributed by atoms with van der Waals surface area (Å²) in [5.74, 6) is 0.464. The van der Waals surface area contributed by atoms with Crippen LogP contribution in [-0.2, 0) is 11.3 Å². The smallest absolute Gasteiger partial charge is 0.253 e. The molecule has 1 aliphatic carbocycles. The molecular formula is C23H31N3O3. The van der Waals surface area contributed by atoms with Crippen LogP contribution in [0.5, 0.6) is 0 Å². The lowest BCUT2D eigenvalue weighted by Crippen LogP contribution is -2.44. The second-order valence-corrected chi connectivity index (χ2v) is 7.59. The van der Waals surface area contributed by atoms with Crippen LogP contribution in [0.2, 0.25) is 0 Å². The maximum Gasteiger partial charge on any atom is 0.253 e. The fraction of sp³-hybridized carbons (Fsp3) is 0.478. The molecule has 29 heavy (non-hydrogen) atoms. The minimum Gasteiger partial charge on any atom is -0.467 e. The van der Waals surface area contributed by atoms with Crippen molar-refractivity contribution in [2.24, 2.45) is 0 Å². The number of carbonyl (C=O) groups excluding carboxylic acids is 2. The van der Waals surface area contributed by atoms with Gasteiger partial charge in [-0.25, -0.2) is 0 Å². The summed E-state index contributed by atoms with van der Waals surface area (Å²) in [5, 5.41) is 2.86. The van der Waals surface area contributed by atoms with E-state index in [-0.39, 0.29) is 11.8 Å². The zero-order valence-electron chi connectivity index (χ0n) is 17.4. The van der Waals surface area contributed by atoms with Crippen molar-refractivity contribution in [3.8, 4) is 0 Å². The van der Waals surface area contributed by atoms with Crippen LogP contribution in [0.25, 0.3) is 0 Å². The summed E-state index contributed by atoms with van der Waals surface area (Å²) in [6, 6.07) is 11.3. The molecule has 1 saturated carbocycles. The number of hydrogen-bond acceptors (Lipinski definition) is 4. The minimum absolute atomic E-state index is 0.00343. The lowest BCUT2D eigenvalue weighted by molar-refractivity contribution is -0.120. The zero-order valence-corrected chi connectivity index (χ0v) is 17.4. The van der Waals surface area contributed by atoms with Crippen molar-refractivity contribution in [2.75, 3.05) is 25.0 Å². The fourth-order valence-electron chi connectivity index (χ4n) is 3.99. The molecular weight excluding hydrogens is 366 g/mol. The highest BCUT2D eigenvalue weighted by molar-refractivity contribution is 6.04. The number of benzene rings is 1. The van der Waals surface area contributed by atoms with Crippen LogP contribution >= 0.6 is 0 Å². The molecule has 1 N–H and O–H groups in total. The molecule has 1 aliphatic rings. The molecule has 0 aliphatic heterocycles. The molecule has 1 aromatic carbocycles. The van der Waals surface area contributed by atoms with E-state index in [4.69, 9.17) is 4.42 Å². The SMILES string of the molecule is CCN(CC(=O)N(C)c1ccccc1C(=O)NCc1ccco1)C1CCCCC1. The third-order valence-electron chi connectivity index (χ3n) is 5.72. The molecule has 6 nitrogen and oxygen atoms in total. The Morgan fingerprint density at radius 2 is 1.86 bits per heavy atom.